The molecule has 1 aromatic heterocycles. The first-order valence-electron chi connectivity index (χ1n) is 7.95. The number of aromatic nitrogens is 2. The van der Waals surface area contributed by atoms with Gasteiger partial charge in [-0.3, -0.25) is 4.79 Å². The molecule has 134 valence electrons. The van der Waals surface area contributed by atoms with Crippen LogP contribution in [0, 0.1) is 3.95 Å². The van der Waals surface area contributed by atoms with E-state index >= 15 is 0 Å². The van der Waals surface area contributed by atoms with Gasteiger partial charge in [-0.1, -0.05) is 59.5 Å². The van der Waals surface area contributed by atoms with Crippen molar-refractivity contribution in [2.24, 2.45) is 0 Å². The Hall–Kier alpha value is -2.16. The number of para-hydroxylation sites is 2. The Labute approximate surface area is 165 Å². The zero-order valence-electron chi connectivity index (χ0n) is 13.8. The van der Waals surface area contributed by atoms with Crippen LogP contribution in [0.15, 0.2) is 65.0 Å². The molecule has 0 aliphatic carbocycles. The third-order valence-electron chi connectivity index (χ3n) is 3.29. The van der Waals surface area contributed by atoms with Crippen LogP contribution in [-0.2, 0) is 4.79 Å². The second kappa shape index (κ2) is 9.51. The van der Waals surface area contributed by atoms with Crippen molar-refractivity contribution in [1.82, 2.24) is 15.1 Å². The van der Waals surface area contributed by atoms with Crippen molar-refractivity contribution in [1.29, 1.82) is 0 Å². The maximum Gasteiger partial charge on any atom is 0.230 e. The van der Waals surface area contributed by atoms with Gasteiger partial charge in [0.25, 0.3) is 0 Å². The van der Waals surface area contributed by atoms with Crippen LogP contribution in [0.3, 0.4) is 0 Å². The second-order valence-electron chi connectivity index (χ2n) is 5.18. The van der Waals surface area contributed by atoms with E-state index < -0.39 is 0 Å². The lowest BCUT2D eigenvalue weighted by molar-refractivity contribution is -0.118. The maximum absolute atomic E-state index is 11.9. The first kappa shape index (κ1) is 18.6. The summed E-state index contributed by atoms with van der Waals surface area (Å²) in [6, 6.07) is 19.2. The summed E-state index contributed by atoms with van der Waals surface area (Å²) in [5, 5.41) is 7.31. The third kappa shape index (κ3) is 5.42. The lowest BCUT2D eigenvalue weighted by Gasteiger charge is -2.07. The SMILES string of the molecule is O=C(CSc1nn(-c2ccccc2)c(=S)s1)NCCOc1ccccc1. The van der Waals surface area contributed by atoms with E-state index in [1.165, 1.54) is 23.1 Å². The fourth-order valence-electron chi connectivity index (χ4n) is 2.11. The summed E-state index contributed by atoms with van der Waals surface area (Å²) in [7, 11) is 0. The van der Waals surface area contributed by atoms with Crippen LogP contribution < -0.4 is 10.1 Å². The molecule has 1 amide bonds. The highest BCUT2D eigenvalue weighted by Crippen LogP contribution is 2.23. The van der Waals surface area contributed by atoms with Crippen molar-refractivity contribution in [3.05, 3.63) is 64.6 Å². The zero-order valence-corrected chi connectivity index (χ0v) is 16.3. The number of carbonyl (C=O) groups is 1. The molecule has 0 aliphatic rings. The number of hydrogen-bond acceptors (Lipinski definition) is 6. The van der Waals surface area contributed by atoms with Gasteiger partial charge in [0.2, 0.25) is 5.91 Å². The largest absolute Gasteiger partial charge is 0.492 e. The highest BCUT2D eigenvalue weighted by atomic mass is 32.2. The molecule has 0 spiro atoms. The summed E-state index contributed by atoms with van der Waals surface area (Å²) in [4.78, 5) is 11.9. The summed E-state index contributed by atoms with van der Waals surface area (Å²) in [5.41, 5.74) is 0.920. The Balaban J connectivity index is 1.43. The Kier molecular flexibility index (Phi) is 6.82. The number of amides is 1. The van der Waals surface area contributed by atoms with Crippen LogP contribution in [0.2, 0.25) is 0 Å². The lowest BCUT2D eigenvalue weighted by atomic mass is 10.3. The topological polar surface area (TPSA) is 56.2 Å². The quantitative estimate of drug-likeness (QED) is 0.351. The van der Waals surface area contributed by atoms with Gasteiger partial charge >= 0.3 is 0 Å². The number of ether oxygens (including phenoxy) is 1. The van der Waals surface area contributed by atoms with Crippen LogP contribution in [0.25, 0.3) is 5.69 Å². The third-order valence-corrected chi connectivity index (χ3v) is 5.66. The van der Waals surface area contributed by atoms with Crippen LogP contribution >= 0.6 is 35.3 Å². The molecular formula is C18H17N3O2S3. The van der Waals surface area contributed by atoms with Crippen molar-refractivity contribution in [3.8, 4) is 11.4 Å². The van der Waals surface area contributed by atoms with Gasteiger partial charge < -0.3 is 10.1 Å². The molecule has 0 saturated heterocycles. The van der Waals surface area contributed by atoms with Gasteiger partial charge in [0.15, 0.2) is 8.29 Å². The van der Waals surface area contributed by atoms with Crippen molar-refractivity contribution in [2.75, 3.05) is 18.9 Å². The number of nitrogens with one attached hydrogen (secondary N) is 1. The minimum Gasteiger partial charge on any atom is -0.492 e. The average Bonchev–Trinajstić information content (AvgIpc) is 3.06. The molecule has 26 heavy (non-hydrogen) atoms. The number of carbonyl (C=O) groups excluding carboxylic acids is 1. The fraction of sp³-hybridized carbons (Fsp3) is 0.167. The standard InChI is InChI=1S/C18H17N3O2S3/c22-16(19-11-12-23-15-9-5-2-6-10-15)13-25-17-20-21(18(24)26-17)14-7-3-1-4-8-14/h1-10H,11-13H2,(H,19,22). The summed E-state index contributed by atoms with van der Waals surface area (Å²) in [5.74, 6) is 1.03. The number of benzene rings is 2. The molecule has 0 fully saturated rings. The van der Waals surface area contributed by atoms with Crippen LogP contribution in [0.4, 0.5) is 0 Å². The summed E-state index contributed by atoms with van der Waals surface area (Å²) >= 11 is 8.14. The van der Waals surface area contributed by atoms with Gasteiger partial charge in [-0.15, -0.1) is 5.10 Å². The van der Waals surface area contributed by atoms with E-state index in [-0.39, 0.29) is 5.91 Å². The minimum atomic E-state index is -0.0564. The smallest absolute Gasteiger partial charge is 0.230 e. The predicted octanol–water partition coefficient (Wildman–Crippen LogP) is 3.95. The van der Waals surface area contributed by atoms with Gasteiger partial charge in [0.1, 0.15) is 12.4 Å². The monoisotopic (exact) mass is 403 g/mol. The zero-order chi connectivity index (χ0) is 18.2. The molecule has 3 aromatic rings. The van der Waals surface area contributed by atoms with Gasteiger partial charge in [-0.05, 0) is 36.5 Å². The normalized spacial score (nSPS) is 10.5. The Morgan fingerprint density at radius 2 is 1.85 bits per heavy atom. The molecule has 1 N–H and O–H groups in total. The predicted molar refractivity (Wildman–Crippen MR) is 108 cm³/mol. The molecule has 1 heterocycles. The second-order valence-corrected chi connectivity index (χ2v) is 8.03. The molecule has 8 heteroatoms. The molecule has 2 aromatic carbocycles. The van der Waals surface area contributed by atoms with Gasteiger partial charge in [-0.2, -0.15) is 0 Å². The molecule has 0 saturated carbocycles. The van der Waals surface area contributed by atoms with Crippen molar-refractivity contribution < 1.29 is 9.53 Å². The van der Waals surface area contributed by atoms with Crippen LogP contribution in [0.5, 0.6) is 5.75 Å². The van der Waals surface area contributed by atoms with Crippen LogP contribution in [-0.4, -0.2) is 34.6 Å². The number of thioether (sulfide) groups is 1. The first-order valence-corrected chi connectivity index (χ1v) is 10.2. The molecule has 0 unspecified atom stereocenters. The number of rotatable bonds is 8. The van der Waals surface area contributed by atoms with Gasteiger partial charge in [0.05, 0.1) is 18.0 Å². The van der Waals surface area contributed by atoms with Crippen molar-refractivity contribution >= 4 is 41.2 Å². The fourth-order valence-corrected chi connectivity index (χ4v) is 4.30. The van der Waals surface area contributed by atoms with Gasteiger partial charge in [-0.25, -0.2) is 4.68 Å². The van der Waals surface area contributed by atoms with Crippen LogP contribution in [0.1, 0.15) is 0 Å². The molecule has 3 rings (SSSR count). The lowest BCUT2D eigenvalue weighted by Crippen LogP contribution is -2.29. The molecule has 0 atom stereocenters. The maximum atomic E-state index is 11.9. The minimum absolute atomic E-state index is 0.0564. The number of nitrogens with zero attached hydrogens (tertiary/aromatic N) is 2. The van der Waals surface area contributed by atoms with E-state index in [1.54, 1.807) is 4.68 Å². The van der Waals surface area contributed by atoms with E-state index in [0.717, 1.165) is 15.8 Å². The molecule has 5 nitrogen and oxygen atoms in total. The van der Waals surface area contributed by atoms with E-state index in [4.69, 9.17) is 17.0 Å². The molecule has 0 radical (unpaired) electrons. The number of hydrogen-bond donors (Lipinski definition) is 1. The van der Waals surface area contributed by atoms with E-state index in [2.05, 4.69) is 10.4 Å². The van der Waals surface area contributed by atoms with E-state index in [0.29, 0.717) is 22.9 Å². The highest BCUT2D eigenvalue weighted by Gasteiger charge is 2.09. The van der Waals surface area contributed by atoms with Crippen molar-refractivity contribution in [3.63, 3.8) is 0 Å². The summed E-state index contributed by atoms with van der Waals surface area (Å²) in [6.45, 7) is 0.893. The molecule has 0 bridgehead atoms. The molecular weight excluding hydrogens is 386 g/mol. The van der Waals surface area contributed by atoms with Gasteiger partial charge in [0, 0.05) is 0 Å². The van der Waals surface area contributed by atoms with Crippen molar-refractivity contribution in [2.45, 2.75) is 4.34 Å². The Morgan fingerprint density at radius 3 is 2.58 bits per heavy atom. The Morgan fingerprint density at radius 1 is 1.15 bits per heavy atom. The van der Waals surface area contributed by atoms with E-state index in [1.807, 2.05) is 60.7 Å². The van der Waals surface area contributed by atoms with E-state index in [9.17, 15) is 4.79 Å². The Bertz CT molecular complexity index is 895. The molecule has 0 aliphatic heterocycles. The highest BCUT2D eigenvalue weighted by molar-refractivity contribution is 8.01. The summed E-state index contributed by atoms with van der Waals surface area (Å²) in [6.07, 6.45) is 0. The summed E-state index contributed by atoms with van der Waals surface area (Å²) < 4.78 is 8.69. The first-order chi connectivity index (χ1) is 12.7. The average molecular weight is 404 g/mol.